The highest BCUT2D eigenvalue weighted by Gasteiger charge is 2.20. The van der Waals surface area contributed by atoms with Crippen molar-refractivity contribution in [1.82, 2.24) is 26.2 Å². The number of amides is 5. The average Bonchev–Trinajstić information content (AvgIpc) is 3.01. The molecule has 0 aromatic carbocycles. The molecule has 0 aromatic rings. The van der Waals surface area contributed by atoms with Crippen molar-refractivity contribution in [3.8, 4) is 0 Å². The second-order valence-electron chi connectivity index (χ2n) is 17.4. The Morgan fingerprint density at radius 2 is 0.737 bits per heavy atom. The molecular formula is C41H80ClN5O10. The van der Waals surface area contributed by atoms with Gasteiger partial charge in [-0.3, -0.25) is 9.59 Å². The van der Waals surface area contributed by atoms with Crippen LogP contribution in [0.3, 0.4) is 0 Å². The van der Waals surface area contributed by atoms with Crippen LogP contribution in [0.5, 0.6) is 0 Å². The van der Waals surface area contributed by atoms with Gasteiger partial charge in [0.15, 0.2) is 0 Å². The highest BCUT2D eigenvalue weighted by molar-refractivity contribution is 6.63. The van der Waals surface area contributed by atoms with Crippen molar-refractivity contribution in [3.63, 3.8) is 0 Å². The van der Waals surface area contributed by atoms with Crippen LogP contribution >= 0.6 is 11.6 Å². The van der Waals surface area contributed by atoms with Gasteiger partial charge in [0, 0.05) is 52.1 Å². The Labute approximate surface area is 349 Å². The second-order valence-corrected chi connectivity index (χ2v) is 17.8. The lowest BCUT2D eigenvalue weighted by molar-refractivity contribution is -0.131. The molecule has 0 rings (SSSR count). The monoisotopic (exact) mass is 838 g/mol. The second kappa shape index (κ2) is 31.5. The van der Waals surface area contributed by atoms with Gasteiger partial charge in [0.05, 0.1) is 0 Å². The summed E-state index contributed by atoms with van der Waals surface area (Å²) in [5.41, 5.74) is -2.09. The van der Waals surface area contributed by atoms with Crippen molar-refractivity contribution in [1.29, 1.82) is 0 Å². The maximum atomic E-state index is 12.5. The van der Waals surface area contributed by atoms with Crippen LogP contribution in [0, 0.1) is 0 Å². The van der Waals surface area contributed by atoms with Gasteiger partial charge in [0.1, 0.15) is 22.4 Å². The Kier molecular flexibility index (Phi) is 32.0. The summed E-state index contributed by atoms with van der Waals surface area (Å²) in [6.45, 7) is 28.3. The summed E-state index contributed by atoms with van der Waals surface area (Å²) in [5, 5.41) is 10.5. The van der Waals surface area contributed by atoms with Crippen LogP contribution in [0.2, 0.25) is 0 Å². The molecular weight excluding hydrogens is 758 g/mol. The summed E-state index contributed by atoms with van der Waals surface area (Å²) in [6, 6.07) is 0. The highest BCUT2D eigenvalue weighted by Crippen LogP contribution is 2.10. The molecule has 0 fully saturated rings. The number of rotatable bonds is 20. The van der Waals surface area contributed by atoms with Gasteiger partial charge in [0.25, 0.3) is 0 Å². The number of nitrogens with zero attached hydrogens (tertiary/aromatic N) is 1. The average molecular weight is 839 g/mol. The molecule has 0 unspecified atom stereocenters. The predicted molar refractivity (Wildman–Crippen MR) is 227 cm³/mol. The van der Waals surface area contributed by atoms with Crippen molar-refractivity contribution in [2.45, 2.75) is 190 Å². The number of ether oxygens (including phenoxy) is 4. The Bertz CT molecular complexity index is 1080. The zero-order valence-electron chi connectivity index (χ0n) is 37.9. The molecule has 16 heteroatoms. The molecule has 0 saturated heterocycles. The van der Waals surface area contributed by atoms with Crippen LogP contribution in [-0.2, 0) is 28.5 Å². The van der Waals surface area contributed by atoms with E-state index in [1.54, 1.807) is 46.4 Å². The van der Waals surface area contributed by atoms with Gasteiger partial charge in [-0.15, -0.1) is 0 Å². The van der Waals surface area contributed by atoms with Gasteiger partial charge in [-0.2, -0.15) is 0 Å². The Morgan fingerprint density at radius 3 is 1.02 bits per heavy atom. The fraction of sp³-hybridized carbons (Fsp3) is 0.854. The zero-order valence-corrected chi connectivity index (χ0v) is 38.7. The van der Waals surface area contributed by atoms with Gasteiger partial charge in [-0.1, -0.05) is 39.5 Å². The molecule has 0 aliphatic rings. The number of alkyl carbamates (subject to hydrolysis) is 4. The van der Waals surface area contributed by atoms with Gasteiger partial charge in [0.2, 0.25) is 11.1 Å². The lowest BCUT2D eigenvalue weighted by Gasteiger charge is -2.25. The van der Waals surface area contributed by atoms with Crippen molar-refractivity contribution in [2.75, 3.05) is 39.3 Å². The van der Waals surface area contributed by atoms with E-state index in [4.69, 9.17) is 30.5 Å². The third kappa shape index (κ3) is 48.6. The maximum Gasteiger partial charge on any atom is 0.407 e. The lowest BCUT2D eigenvalue weighted by atomic mass is 10.2. The molecule has 0 atom stereocenters. The van der Waals surface area contributed by atoms with Crippen molar-refractivity contribution < 1.29 is 47.7 Å². The molecule has 336 valence electrons. The van der Waals surface area contributed by atoms with Crippen LogP contribution in [-0.4, -0.2) is 102 Å². The van der Waals surface area contributed by atoms with Crippen LogP contribution in [0.25, 0.3) is 0 Å². The molecule has 0 bridgehead atoms. The summed E-state index contributed by atoms with van der Waals surface area (Å²) < 4.78 is 20.6. The minimum atomic E-state index is -0.572. The van der Waals surface area contributed by atoms with Gasteiger partial charge < -0.3 is 45.1 Å². The number of nitrogens with one attached hydrogen (secondary N) is 4. The predicted octanol–water partition coefficient (Wildman–Crippen LogP) is 8.98. The Balaban J connectivity index is -0.000000880. The highest BCUT2D eigenvalue weighted by atomic mass is 35.5. The van der Waals surface area contributed by atoms with Crippen LogP contribution in [0.1, 0.15) is 168 Å². The van der Waals surface area contributed by atoms with E-state index in [-0.39, 0.29) is 24.2 Å². The summed E-state index contributed by atoms with van der Waals surface area (Å²) >= 11 is 5.07. The zero-order chi connectivity index (χ0) is 44.7. The minimum Gasteiger partial charge on any atom is -0.444 e. The van der Waals surface area contributed by atoms with Crippen molar-refractivity contribution in [2.24, 2.45) is 0 Å². The molecule has 4 N–H and O–H groups in total. The van der Waals surface area contributed by atoms with E-state index >= 15 is 0 Å². The van der Waals surface area contributed by atoms with Crippen LogP contribution in [0.4, 0.5) is 19.2 Å². The molecule has 0 saturated carbocycles. The summed E-state index contributed by atoms with van der Waals surface area (Å²) in [5.74, 6) is 0.00503. The van der Waals surface area contributed by atoms with E-state index in [0.29, 0.717) is 39.0 Å². The third-order valence-electron chi connectivity index (χ3n) is 6.61. The van der Waals surface area contributed by atoms with Gasteiger partial charge >= 0.3 is 24.4 Å². The molecule has 0 radical (unpaired) electrons. The number of carbonyl (C=O) groups is 6. The normalized spacial score (nSPS) is 11.3. The number of hydrogen-bond donors (Lipinski definition) is 4. The van der Waals surface area contributed by atoms with Crippen molar-refractivity contribution >= 4 is 47.1 Å². The first kappa shape index (κ1) is 57.8. The van der Waals surface area contributed by atoms with Crippen LogP contribution < -0.4 is 21.3 Å². The van der Waals surface area contributed by atoms with Crippen LogP contribution in [0.15, 0.2) is 0 Å². The third-order valence-corrected chi connectivity index (χ3v) is 6.80. The largest absolute Gasteiger partial charge is 0.444 e. The first-order chi connectivity index (χ1) is 26.1. The lowest BCUT2D eigenvalue weighted by Crippen LogP contribution is -2.44. The number of hydrogen-bond acceptors (Lipinski definition) is 10. The first-order valence-corrected chi connectivity index (χ1v) is 20.8. The molecule has 15 nitrogen and oxygen atoms in total. The molecule has 5 amide bonds. The van der Waals surface area contributed by atoms with Gasteiger partial charge in [-0.25, -0.2) is 19.2 Å². The van der Waals surface area contributed by atoms with Crippen molar-refractivity contribution in [3.05, 3.63) is 0 Å². The maximum absolute atomic E-state index is 12.5. The van der Waals surface area contributed by atoms with E-state index in [0.717, 1.165) is 57.8 Å². The van der Waals surface area contributed by atoms with E-state index < -0.39 is 46.8 Å². The SMILES string of the molecule is CC(C)(C)OC(=O)NCCCCCNC(=O)OC(C)(C)C.CCCCCC(=O)Cl.CCCCCC(=O)N(CCNC(=O)OC(C)(C)C)CCNC(=O)OC(C)(C)C. The molecule has 0 aliphatic heterocycles. The fourth-order valence-corrected chi connectivity index (χ4v) is 4.34. The molecule has 0 aromatic heterocycles. The fourth-order valence-electron chi connectivity index (χ4n) is 4.21. The quantitative estimate of drug-likeness (QED) is 0.0523. The summed E-state index contributed by atoms with van der Waals surface area (Å²) in [6.07, 6.45) is 7.81. The standard InChI is InChI=1S/C20H39N3O5.C15H30N2O4.C6H11ClO/c1-8-9-10-11-16(24)23(14-12-21-17(25)27-19(2,3)4)15-13-22-18(26)28-20(5,6)7;1-14(2,3)20-12(18)16-10-8-7-9-11-17-13(19)21-15(4,5)6;1-2-3-4-5-6(7)8/h8-15H2,1-7H3,(H,21,25)(H,22,26);7-11H2,1-6H3,(H,16,18)(H,17,19);2-5H2,1H3. The Hall–Kier alpha value is -3.49. The smallest absolute Gasteiger partial charge is 0.407 e. The molecule has 0 heterocycles. The molecule has 57 heavy (non-hydrogen) atoms. The topological polar surface area (TPSA) is 191 Å². The minimum absolute atomic E-state index is 0.00503. The van der Waals surface area contributed by atoms with E-state index in [1.165, 1.54) is 0 Å². The van der Waals surface area contributed by atoms with Gasteiger partial charge in [-0.05, 0) is 127 Å². The van der Waals surface area contributed by atoms with E-state index in [1.807, 2.05) is 41.5 Å². The summed E-state index contributed by atoms with van der Waals surface area (Å²) in [4.78, 5) is 70.4. The Morgan fingerprint density at radius 1 is 0.439 bits per heavy atom. The number of unbranched alkanes of at least 4 members (excludes halogenated alkanes) is 6. The number of halogens is 1. The number of carbonyl (C=O) groups excluding carboxylic acids is 6. The molecule has 0 aliphatic carbocycles. The first-order valence-electron chi connectivity index (χ1n) is 20.4. The summed E-state index contributed by atoms with van der Waals surface area (Å²) in [7, 11) is 0. The molecule has 0 spiro atoms. The van der Waals surface area contributed by atoms with E-state index in [2.05, 4.69) is 35.1 Å². The van der Waals surface area contributed by atoms with E-state index in [9.17, 15) is 28.8 Å².